The molecule has 4 rings (SSSR count). The van der Waals surface area contributed by atoms with Gasteiger partial charge in [-0.1, -0.05) is 67.8 Å². The van der Waals surface area contributed by atoms with Gasteiger partial charge in [0.05, 0.1) is 27.8 Å². The minimum Gasteiger partial charge on any atom is -0.390 e. The Morgan fingerprint density at radius 1 is 0.932 bits per heavy atom. The fourth-order valence-electron chi connectivity index (χ4n) is 6.80. The number of hydrogen-bond donors (Lipinski definition) is 3. The minimum atomic E-state index is -3.79. The lowest BCUT2D eigenvalue weighted by Gasteiger charge is -2.47. The molecule has 8 nitrogen and oxygen atoms in total. The lowest BCUT2D eigenvalue weighted by atomic mass is 9.72. The number of benzene rings is 2. The van der Waals surface area contributed by atoms with Crippen molar-refractivity contribution in [1.29, 1.82) is 0 Å². The zero-order valence-electron chi connectivity index (χ0n) is 27.0. The lowest BCUT2D eigenvalue weighted by molar-refractivity contribution is -0.133. The molecule has 242 valence electrons. The summed E-state index contributed by atoms with van der Waals surface area (Å²) in [6.07, 6.45) is 4.54. The van der Waals surface area contributed by atoms with E-state index in [-0.39, 0.29) is 35.3 Å². The molecule has 2 amide bonds. The first-order chi connectivity index (χ1) is 20.7. The van der Waals surface area contributed by atoms with E-state index in [2.05, 4.69) is 15.5 Å². The quantitative estimate of drug-likeness (QED) is 0.339. The molecule has 1 heterocycles. The van der Waals surface area contributed by atoms with Gasteiger partial charge in [0, 0.05) is 25.0 Å². The van der Waals surface area contributed by atoms with Gasteiger partial charge in [-0.05, 0) is 83.4 Å². The Kier molecular flexibility index (Phi) is 11.0. The second-order valence-corrected chi connectivity index (χ2v) is 17.0. The third kappa shape index (κ3) is 8.70. The summed E-state index contributed by atoms with van der Waals surface area (Å²) >= 11 is 0. The average Bonchev–Trinajstić information content (AvgIpc) is 2.96. The number of rotatable bonds is 11. The fourth-order valence-corrected chi connectivity index (χ4v) is 8.28. The van der Waals surface area contributed by atoms with Crippen molar-refractivity contribution in [2.75, 3.05) is 13.1 Å². The van der Waals surface area contributed by atoms with E-state index in [1.165, 1.54) is 12.8 Å². The maximum absolute atomic E-state index is 13.5. The highest BCUT2D eigenvalue weighted by molar-refractivity contribution is 7.92. The Bertz CT molecular complexity index is 1360. The standard InChI is InChI=1S/C35H51N3O5S/c1-34(2,3)37-33(41)30-21-26-16-12-13-17-27(26)23-38(30)24-31(39)29(20-25-14-8-6-9-15-25)36-32(40)22-35(4,5)44(42,43)28-18-10-7-11-19-28/h6-11,14-15,18-19,26-27,29-31,39H,12-13,16-17,20-24H2,1-5H3,(H,36,40)(H,37,41)/t26-,27+,29-,30-,31+/m0/s1. The van der Waals surface area contributed by atoms with Gasteiger partial charge in [0.2, 0.25) is 11.8 Å². The van der Waals surface area contributed by atoms with Crippen LogP contribution in [0.1, 0.15) is 78.7 Å². The number of fused-ring (bicyclic) bond motifs is 1. The Morgan fingerprint density at radius 2 is 1.52 bits per heavy atom. The van der Waals surface area contributed by atoms with Crippen molar-refractivity contribution in [1.82, 2.24) is 15.5 Å². The number of nitrogens with zero attached hydrogens (tertiary/aromatic N) is 1. The normalized spacial score (nSPS) is 22.8. The van der Waals surface area contributed by atoms with Crippen LogP contribution in [-0.4, -0.2) is 71.8 Å². The molecule has 5 atom stereocenters. The number of nitrogens with one attached hydrogen (secondary N) is 2. The molecule has 1 aliphatic carbocycles. The van der Waals surface area contributed by atoms with Crippen LogP contribution in [0.2, 0.25) is 0 Å². The summed E-state index contributed by atoms with van der Waals surface area (Å²) in [6, 6.07) is 16.8. The van der Waals surface area contributed by atoms with Crippen LogP contribution in [0.15, 0.2) is 65.6 Å². The van der Waals surface area contributed by atoms with Crippen molar-refractivity contribution >= 4 is 21.7 Å². The van der Waals surface area contributed by atoms with Crippen LogP contribution in [-0.2, 0) is 25.8 Å². The second kappa shape index (κ2) is 14.1. The number of carbonyl (C=O) groups excluding carboxylic acids is 2. The monoisotopic (exact) mass is 625 g/mol. The molecule has 0 unspecified atom stereocenters. The predicted molar refractivity (Wildman–Crippen MR) is 174 cm³/mol. The number of amides is 2. The highest BCUT2D eigenvalue weighted by Crippen LogP contribution is 2.39. The summed E-state index contributed by atoms with van der Waals surface area (Å²) < 4.78 is 25.4. The largest absolute Gasteiger partial charge is 0.390 e. The van der Waals surface area contributed by atoms with Gasteiger partial charge in [-0.15, -0.1) is 0 Å². The highest BCUT2D eigenvalue weighted by atomic mass is 32.2. The highest BCUT2D eigenvalue weighted by Gasteiger charge is 2.42. The van der Waals surface area contributed by atoms with Crippen molar-refractivity contribution < 1.29 is 23.1 Å². The number of aliphatic hydroxyl groups is 1. The smallest absolute Gasteiger partial charge is 0.237 e. The second-order valence-electron chi connectivity index (χ2n) is 14.4. The molecule has 1 saturated heterocycles. The molecule has 1 saturated carbocycles. The third-order valence-corrected chi connectivity index (χ3v) is 11.7. The van der Waals surface area contributed by atoms with Gasteiger partial charge in [-0.3, -0.25) is 14.5 Å². The van der Waals surface area contributed by atoms with E-state index in [0.29, 0.717) is 18.3 Å². The summed E-state index contributed by atoms with van der Waals surface area (Å²) in [7, 11) is -3.79. The molecule has 0 spiro atoms. The molecule has 0 radical (unpaired) electrons. The van der Waals surface area contributed by atoms with E-state index in [1.807, 2.05) is 51.1 Å². The summed E-state index contributed by atoms with van der Waals surface area (Å²) in [5.74, 6) is 0.523. The van der Waals surface area contributed by atoms with Gasteiger partial charge >= 0.3 is 0 Å². The number of β-amino-alcohol motifs (C(OH)–C–C–N with tert-alkyl or cyclic N) is 1. The first kappa shape index (κ1) is 34.1. The van der Waals surface area contributed by atoms with Crippen LogP contribution in [0.25, 0.3) is 0 Å². The Hall–Kier alpha value is -2.75. The molecule has 0 aromatic heterocycles. The van der Waals surface area contributed by atoms with Crippen molar-refractivity contribution in [3.63, 3.8) is 0 Å². The molecule has 0 bridgehead atoms. The molecule has 2 aromatic carbocycles. The van der Waals surface area contributed by atoms with E-state index in [9.17, 15) is 23.1 Å². The van der Waals surface area contributed by atoms with E-state index in [0.717, 1.165) is 31.4 Å². The molecule has 2 fully saturated rings. The maximum Gasteiger partial charge on any atom is 0.237 e. The number of sulfone groups is 1. The molecule has 2 aromatic rings. The third-order valence-electron chi connectivity index (χ3n) is 9.20. The SMILES string of the molecule is CC(C)(C)NC(=O)[C@@H]1C[C@@H]2CCCC[C@@H]2CN1C[C@@H](O)[C@H](Cc1ccccc1)NC(=O)CC(C)(C)S(=O)(=O)c1ccccc1. The van der Waals surface area contributed by atoms with Crippen LogP contribution in [0, 0.1) is 11.8 Å². The molecule has 2 aliphatic rings. The Morgan fingerprint density at radius 3 is 2.14 bits per heavy atom. The topological polar surface area (TPSA) is 116 Å². The minimum absolute atomic E-state index is 0.0229. The lowest BCUT2D eigenvalue weighted by Crippen LogP contribution is -2.60. The van der Waals surface area contributed by atoms with Crippen molar-refractivity contribution in [2.24, 2.45) is 11.8 Å². The van der Waals surface area contributed by atoms with Crippen LogP contribution >= 0.6 is 0 Å². The van der Waals surface area contributed by atoms with Gasteiger partial charge in [0.1, 0.15) is 0 Å². The van der Waals surface area contributed by atoms with E-state index in [1.54, 1.807) is 44.2 Å². The number of hydrogen-bond acceptors (Lipinski definition) is 6. The number of carbonyl (C=O) groups is 2. The van der Waals surface area contributed by atoms with Crippen LogP contribution in [0.4, 0.5) is 0 Å². The molecular weight excluding hydrogens is 574 g/mol. The van der Waals surface area contributed by atoms with Gasteiger partial charge < -0.3 is 15.7 Å². The van der Waals surface area contributed by atoms with Crippen molar-refractivity contribution in [2.45, 2.75) is 113 Å². The molecular formula is C35H51N3O5S. The maximum atomic E-state index is 13.5. The summed E-state index contributed by atoms with van der Waals surface area (Å²) in [4.78, 5) is 29.3. The van der Waals surface area contributed by atoms with E-state index >= 15 is 0 Å². The predicted octanol–water partition coefficient (Wildman–Crippen LogP) is 4.51. The van der Waals surface area contributed by atoms with Gasteiger partial charge in [-0.25, -0.2) is 8.42 Å². The summed E-state index contributed by atoms with van der Waals surface area (Å²) in [5.41, 5.74) is 0.572. The van der Waals surface area contributed by atoms with E-state index in [4.69, 9.17) is 0 Å². The summed E-state index contributed by atoms with van der Waals surface area (Å²) in [6.45, 7) is 10.0. The van der Waals surface area contributed by atoms with Crippen LogP contribution in [0.3, 0.4) is 0 Å². The van der Waals surface area contributed by atoms with Gasteiger partial charge in [-0.2, -0.15) is 0 Å². The zero-order valence-corrected chi connectivity index (χ0v) is 27.8. The molecule has 9 heteroatoms. The molecule has 44 heavy (non-hydrogen) atoms. The van der Waals surface area contributed by atoms with Crippen LogP contribution < -0.4 is 10.6 Å². The van der Waals surface area contributed by atoms with Crippen LogP contribution in [0.5, 0.6) is 0 Å². The Labute approximate surface area is 263 Å². The average molecular weight is 626 g/mol. The number of aliphatic hydroxyl groups excluding tert-OH is 1. The Balaban J connectivity index is 1.53. The van der Waals surface area contributed by atoms with E-state index < -0.39 is 32.6 Å². The molecule has 1 aliphatic heterocycles. The molecule has 3 N–H and O–H groups in total. The van der Waals surface area contributed by atoms with Crippen molar-refractivity contribution in [3.8, 4) is 0 Å². The zero-order chi connectivity index (χ0) is 32.1. The van der Waals surface area contributed by atoms with Crippen molar-refractivity contribution in [3.05, 3.63) is 66.2 Å². The number of piperidine rings is 1. The van der Waals surface area contributed by atoms with Gasteiger partial charge in [0.15, 0.2) is 9.84 Å². The summed E-state index contributed by atoms with van der Waals surface area (Å²) in [5, 5.41) is 17.9. The van der Waals surface area contributed by atoms with Gasteiger partial charge in [0.25, 0.3) is 0 Å². The fraction of sp³-hybridized carbons (Fsp3) is 0.600. The first-order valence-corrected chi connectivity index (χ1v) is 17.5. The number of likely N-dealkylation sites (tertiary alicyclic amines) is 1. The first-order valence-electron chi connectivity index (χ1n) is 16.0.